The molecular weight excluding hydrogens is 928 g/mol. The molecule has 0 aliphatic heterocycles. The predicted molar refractivity (Wildman–Crippen MR) is 255 cm³/mol. The summed E-state index contributed by atoms with van der Waals surface area (Å²) < 4.78 is 32.3. The fourth-order valence-corrected chi connectivity index (χ4v) is 6.59. The van der Waals surface area contributed by atoms with E-state index in [0.29, 0.717) is 45.6 Å². The van der Waals surface area contributed by atoms with E-state index in [1.807, 2.05) is 48.5 Å². The maximum absolute atomic E-state index is 12.8. The van der Waals surface area contributed by atoms with E-state index in [2.05, 4.69) is 0 Å². The standard InChI is InChI=1S/C30H22O6.C14H12O4.C8H6O4.C2H4O2.Na/c1-33-25-11-3-9-23-21(25)7-5-13-27(23)35-29(31)19-15-17-20(18-16-19)30(32)36-28-14-6-8-22-24(28)10-4-12-26(22)34-2;1-9(15)17-13-7-3-6-12-11(13)5-4-8-14(12)18-10(2)16;9-7(10)5-1-2-6(4-3-5)8(11)12;1-2(3)4;/h3-18H,1-2H3;3-8H,1-2H3;1-4H,(H,9,10)(H,11,12);1H3,(H,3,4);/q;;;;+1/p-1. The van der Waals surface area contributed by atoms with Gasteiger partial charge in [-0.2, -0.15) is 0 Å². The first-order chi connectivity index (χ1) is 33.5. The smallest absolute Gasteiger partial charge is 0.550 e. The summed E-state index contributed by atoms with van der Waals surface area (Å²) in [7, 11) is 3.19. The molecule has 0 saturated carbocycles. The van der Waals surface area contributed by atoms with Crippen LogP contribution in [0.3, 0.4) is 0 Å². The Kier molecular flexibility index (Phi) is 20.4. The second kappa shape index (κ2) is 26.3. The number of carboxylic acid groups (broad SMARTS) is 3. The Labute approximate surface area is 428 Å². The molecule has 0 saturated heterocycles. The number of fused-ring (bicyclic) bond motifs is 3. The molecule has 0 heterocycles. The van der Waals surface area contributed by atoms with E-state index in [1.54, 1.807) is 74.9 Å². The van der Waals surface area contributed by atoms with Gasteiger partial charge in [0.2, 0.25) is 0 Å². The molecule has 8 aromatic rings. The monoisotopic (exact) mass is 970 g/mol. The van der Waals surface area contributed by atoms with E-state index in [1.165, 1.54) is 62.4 Å². The molecule has 0 aromatic heterocycles. The number of ether oxygens (including phenoxy) is 6. The molecule has 2 N–H and O–H groups in total. The van der Waals surface area contributed by atoms with Gasteiger partial charge in [0, 0.05) is 52.1 Å². The van der Waals surface area contributed by atoms with Crippen LogP contribution < -0.4 is 63.1 Å². The van der Waals surface area contributed by atoms with Crippen molar-refractivity contribution in [2.75, 3.05) is 14.2 Å². The minimum absolute atomic E-state index is 0. The number of aromatic carboxylic acids is 2. The molecule has 0 fully saturated rings. The fourth-order valence-electron chi connectivity index (χ4n) is 6.59. The molecule has 17 heteroatoms. The molecule has 356 valence electrons. The maximum atomic E-state index is 12.8. The van der Waals surface area contributed by atoms with Crippen LogP contribution in [0.2, 0.25) is 0 Å². The van der Waals surface area contributed by atoms with Gasteiger partial charge in [0.15, 0.2) is 0 Å². The van der Waals surface area contributed by atoms with Crippen LogP contribution in [-0.4, -0.2) is 66.2 Å². The Morgan fingerprint density at radius 2 is 0.563 bits per heavy atom. The van der Waals surface area contributed by atoms with Gasteiger partial charge in [-0.3, -0.25) is 9.59 Å². The van der Waals surface area contributed by atoms with E-state index >= 15 is 0 Å². The number of hydrogen-bond acceptors (Lipinski definition) is 14. The number of aliphatic carboxylic acids is 1. The molecule has 0 unspecified atom stereocenters. The summed E-state index contributed by atoms with van der Waals surface area (Å²) in [5, 5.41) is 30.5. The third-order valence-corrected chi connectivity index (χ3v) is 9.61. The van der Waals surface area contributed by atoms with Gasteiger partial charge in [0.25, 0.3) is 0 Å². The fraction of sp³-hybridized carbons (Fsp3) is 0.0926. The normalized spacial score (nSPS) is 9.93. The molecule has 0 bridgehead atoms. The van der Waals surface area contributed by atoms with Crippen LogP contribution in [-0.2, 0) is 14.4 Å². The number of methoxy groups -OCH3 is 2. The summed E-state index contributed by atoms with van der Waals surface area (Å²) >= 11 is 0. The van der Waals surface area contributed by atoms with Crippen molar-refractivity contribution in [3.05, 3.63) is 180 Å². The molecule has 0 aliphatic rings. The van der Waals surface area contributed by atoms with Gasteiger partial charge in [-0.15, -0.1) is 0 Å². The zero-order valence-electron chi connectivity index (χ0n) is 39.1. The van der Waals surface area contributed by atoms with Gasteiger partial charge in [0.1, 0.15) is 34.5 Å². The zero-order valence-corrected chi connectivity index (χ0v) is 41.1. The SMILES string of the molecule is CC(=O)Oc1cccc2c(OC(C)=O)cccc12.CC(=O)[O-].COc1cccc2c(OC(=O)c3ccc(C(=O)Oc4cccc5c(OC)cccc45)cc3)cccc12.O=C(O)c1ccc(C(=O)O)cc1.[Na+]. The molecule has 0 atom stereocenters. The molecule has 71 heavy (non-hydrogen) atoms. The van der Waals surface area contributed by atoms with Crippen molar-refractivity contribution in [1.29, 1.82) is 0 Å². The second-order valence-electron chi connectivity index (χ2n) is 14.5. The number of carbonyl (C=O) groups excluding carboxylic acids is 5. The van der Waals surface area contributed by atoms with Crippen molar-refractivity contribution >= 4 is 74.1 Å². The summed E-state index contributed by atoms with van der Waals surface area (Å²) in [6.07, 6.45) is 0. The second-order valence-corrected chi connectivity index (χ2v) is 14.5. The number of rotatable bonds is 10. The molecule has 16 nitrogen and oxygen atoms in total. The van der Waals surface area contributed by atoms with Gasteiger partial charge in [0.05, 0.1) is 36.5 Å². The van der Waals surface area contributed by atoms with Crippen molar-refractivity contribution < 1.29 is 107 Å². The first kappa shape index (κ1) is 55.0. The number of hydrogen-bond donors (Lipinski definition) is 2. The van der Waals surface area contributed by atoms with Crippen LogP contribution in [0.5, 0.6) is 34.5 Å². The average molecular weight is 971 g/mol. The van der Waals surface area contributed by atoms with E-state index < -0.39 is 29.8 Å². The number of carbonyl (C=O) groups is 7. The molecule has 0 aliphatic carbocycles. The van der Waals surface area contributed by atoms with E-state index in [9.17, 15) is 28.8 Å². The number of benzene rings is 8. The van der Waals surface area contributed by atoms with Crippen molar-refractivity contribution in [2.45, 2.75) is 20.8 Å². The van der Waals surface area contributed by atoms with Crippen LogP contribution in [0.15, 0.2) is 158 Å². The van der Waals surface area contributed by atoms with Crippen molar-refractivity contribution in [3.63, 3.8) is 0 Å². The topological polar surface area (TPSA) is 238 Å². The largest absolute Gasteiger partial charge is 1.00 e. The number of carboxylic acids is 3. The van der Waals surface area contributed by atoms with E-state index in [0.717, 1.165) is 39.2 Å². The van der Waals surface area contributed by atoms with E-state index in [-0.39, 0.29) is 52.6 Å². The first-order valence-corrected chi connectivity index (χ1v) is 20.8. The Morgan fingerprint density at radius 1 is 0.352 bits per heavy atom. The first-order valence-electron chi connectivity index (χ1n) is 20.8. The minimum Gasteiger partial charge on any atom is -0.550 e. The van der Waals surface area contributed by atoms with Crippen molar-refractivity contribution in [1.82, 2.24) is 0 Å². The molecule has 0 spiro atoms. The average Bonchev–Trinajstić information content (AvgIpc) is 3.34. The summed E-state index contributed by atoms with van der Waals surface area (Å²) in [5.74, 6) is -1.92. The minimum atomic E-state index is -1.08. The Hall–Kier alpha value is -8.57. The van der Waals surface area contributed by atoms with Gasteiger partial charge in [-0.1, -0.05) is 72.8 Å². The third kappa shape index (κ3) is 15.2. The quantitative estimate of drug-likeness (QED) is 0.0910. The van der Waals surface area contributed by atoms with Crippen molar-refractivity contribution in [2.24, 2.45) is 0 Å². The van der Waals surface area contributed by atoms with Gasteiger partial charge in [-0.05, 0) is 91.9 Å². The molecular formula is C54H43NaO16. The molecule has 0 radical (unpaired) electrons. The van der Waals surface area contributed by atoms with Gasteiger partial charge >= 0.3 is 65.4 Å². The van der Waals surface area contributed by atoms with Crippen LogP contribution in [0.1, 0.15) is 62.2 Å². The molecule has 8 rings (SSSR count). The van der Waals surface area contributed by atoms with Crippen LogP contribution in [0, 0.1) is 0 Å². The Bertz CT molecular complexity index is 3010. The molecule has 0 amide bonds. The predicted octanol–water partition coefficient (Wildman–Crippen LogP) is 5.98. The van der Waals surface area contributed by atoms with E-state index in [4.69, 9.17) is 48.5 Å². The Morgan fingerprint density at radius 3 is 0.789 bits per heavy atom. The van der Waals surface area contributed by atoms with Gasteiger partial charge in [-0.25, -0.2) is 19.2 Å². The zero-order chi connectivity index (χ0) is 50.9. The van der Waals surface area contributed by atoms with Crippen LogP contribution in [0.25, 0.3) is 32.3 Å². The summed E-state index contributed by atoms with van der Waals surface area (Å²) in [4.78, 5) is 77.2. The van der Waals surface area contributed by atoms with Crippen LogP contribution >= 0.6 is 0 Å². The number of esters is 4. The third-order valence-electron chi connectivity index (χ3n) is 9.61. The summed E-state index contributed by atoms with van der Waals surface area (Å²) in [5.41, 5.74) is 0.780. The van der Waals surface area contributed by atoms with Gasteiger partial charge < -0.3 is 48.5 Å². The summed E-state index contributed by atoms with van der Waals surface area (Å²) in [6.45, 7) is 3.66. The van der Waals surface area contributed by atoms with Crippen LogP contribution in [0.4, 0.5) is 0 Å². The maximum Gasteiger partial charge on any atom is 1.00 e. The summed E-state index contributed by atoms with van der Waals surface area (Å²) in [6, 6.07) is 43.6. The Balaban J connectivity index is 0.000000259. The van der Waals surface area contributed by atoms with Crippen molar-refractivity contribution in [3.8, 4) is 34.5 Å². The molecule has 8 aromatic carbocycles.